The van der Waals surface area contributed by atoms with Gasteiger partial charge in [0.15, 0.2) is 0 Å². The van der Waals surface area contributed by atoms with E-state index in [0.29, 0.717) is 11.4 Å². The van der Waals surface area contributed by atoms with Gasteiger partial charge in [0.1, 0.15) is 17.5 Å². The Labute approximate surface area is 102 Å². The second-order valence-corrected chi connectivity index (χ2v) is 3.60. The number of nitrogens with zero attached hydrogens (tertiary/aromatic N) is 3. The molecule has 1 aromatic carbocycles. The number of halogens is 1. The van der Waals surface area contributed by atoms with Gasteiger partial charge in [0.05, 0.1) is 12.8 Å². The minimum absolute atomic E-state index is 0.0941. The van der Waals surface area contributed by atoms with Crippen molar-refractivity contribution < 1.29 is 14.7 Å². The molecule has 0 fully saturated rings. The number of aliphatic hydroxyl groups excluding tert-OH is 1. The topological polar surface area (TPSA) is 84.6 Å². The van der Waals surface area contributed by atoms with E-state index in [4.69, 9.17) is 10.3 Å². The average Bonchev–Trinajstić information content (AvgIpc) is 2.74. The van der Waals surface area contributed by atoms with Gasteiger partial charge in [-0.3, -0.25) is 5.21 Å². The molecule has 2 rings (SSSR count). The van der Waals surface area contributed by atoms with Crippen LogP contribution >= 0.6 is 0 Å². The van der Waals surface area contributed by atoms with Gasteiger partial charge in [-0.05, 0) is 24.3 Å². The van der Waals surface area contributed by atoms with Crippen LogP contribution < -0.4 is 5.23 Å². The number of benzene rings is 1. The zero-order chi connectivity index (χ0) is 13.1. The van der Waals surface area contributed by atoms with Gasteiger partial charge in [-0.15, -0.1) is 0 Å². The lowest BCUT2D eigenvalue weighted by Gasteiger charge is -2.23. The first-order valence-electron chi connectivity index (χ1n) is 5.22. The van der Waals surface area contributed by atoms with Gasteiger partial charge < -0.3 is 20.1 Å². The second-order valence-electron chi connectivity index (χ2n) is 3.60. The molecule has 1 aromatic heterocycles. The van der Waals surface area contributed by atoms with Gasteiger partial charge in [0, 0.05) is 12.1 Å². The predicted octanol–water partition coefficient (Wildman–Crippen LogP) is 1.37. The molecule has 0 amide bonds. The number of hydrogen-bond donors (Lipinski definition) is 2. The SMILES string of the molecule is [O-]N(O)c1cnc(-c2ccc(F)cc2)n1CCO. The molecule has 0 unspecified atom stereocenters. The van der Waals surface area contributed by atoms with Crippen molar-refractivity contribution in [3.05, 3.63) is 41.5 Å². The van der Waals surface area contributed by atoms with E-state index < -0.39 is 0 Å². The van der Waals surface area contributed by atoms with E-state index in [-0.39, 0.29) is 30.0 Å². The standard InChI is InChI=1S/C11H11FN3O3/c12-9-3-1-8(2-4-9)11-13-7-10(15(17)18)14(11)5-6-16/h1-4,7,16-17H,5-6H2/q-1. The fraction of sp³-hybridized carbons (Fsp3) is 0.182. The third kappa shape index (κ3) is 2.33. The van der Waals surface area contributed by atoms with E-state index in [1.54, 1.807) is 0 Å². The molecule has 6 nitrogen and oxygen atoms in total. The van der Waals surface area contributed by atoms with E-state index in [1.165, 1.54) is 35.0 Å². The van der Waals surface area contributed by atoms with Crippen molar-refractivity contribution in [1.29, 1.82) is 0 Å². The van der Waals surface area contributed by atoms with Crippen molar-refractivity contribution in [2.75, 3.05) is 11.8 Å². The molecule has 0 atom stereocenters. The van der Waals surface area contributed by atoms with Gasteiger partial charge in [-0.25, -0.2) is 9.37 Å². The Bertz CT molecular complexity index is 525. The summed E-state index contributed by atoms with van der Waals surface area (Å²) in [6.45, 7) is -0.118. The summed E-state index contributed by atoms with van der Waals surface area (Å²) in [5, 5.41) is 28.4. The molecule has 18 heavy (non-hydrogen) atoms. The summed E-state index contributed by atoms with van der Waals surface area (Å²) in [5.41, 5.74) is 0.581. The molecular weight excluding hydrogens is 241 g/mol. The Hall–Kier alpha value is -1.96. The molecule has 0 saturated heterocycles. The zero-order valence-electron chi connectivity index (χ0n) is 9.32. The number of imidazole rings is 1. The van der Waals surface area contributed by atoms with Crippen molar-refractivity contribution >= 4 is 5.82 Å². The Morgan fingerprint density at radius 3 is 2.56 bits per heavy atom. The molecule has 0 aliphatic heterocycles. The number of aliphatic hydroxyl groups is 1. The van der Waals surface area contributed by atoms with Crippen LogP contribution in [0.3, 0.4) is 0 Å². The first kappa shape index (κ1) is 12.5. The Morgan fingerprint density at radius 1 is 1.33 bits per heavy atom. The summed E-state index contributed by atoms with van der Waals surface area (Å²) in [7, 11) is 0. The van der Waals surface area contributed by atoms with E-state index in [2.05, 4.69) is 4.98 Å². The van der Waals surface area contributed by atoms with E-state index in [0.717, 1.165) is 0 Å². The van der Waals surface area contributed by atoms with Crippen LogP contribution in [-0.4, -0.2) is 26.5 Å². The van der Waals surface area contributed by atoms with Crippen molar-refractivity contribution in [2.45, 2.75) is 6.54 Å². The van der Waals surface area contributed by atoms with Gasteiger partial charge in [-0.2, -0.15) is 0 Å². The third-order valence-corrected chi connectivity index (χ3v) is 2.46. The smallest absolute Gasteiger partial charge is 0.142 e. The fourth-order valence-electron chi connectivity index (χ4n) is 1.67. The number of aromatic nitrogens is 2. The Morgan fingerprint density at radius 2 is 2.00 bits per heavy atom. The van der Waals surface area contributed by atoms with Gasteiger partial charge in [0.25, 0.3) is 0 Å². The number of rotatable bonds is 4. The zero-order valence-corrected chi connectivity index (χ0v) is 9.32. The molecule has 1 heterocycles. The molecule has 0 spiro atoms. The maximum atomic E-state index is 12.8. The highest BCUT2D eigenvalue weighted by molar-refractivity contribution is 5.59. The van der Waals surface area contributed by atoms with Crippen LogP contribution in [0, 0.1) is 11.0 Å². The summed E-state index contributed by atoms with van der Waals surface area (Å²) in [6, 6.07) is 5.53. The molecule has 0 bridgehead atoms. The Balaban J connectivity index is 2.47. The lowest BCUT2D eigenvalue weighted by atomic mass is 10.2. The third-order valence-electron chi connectivity index (χ3n) is 2.46. The summed E-state index contributed by atoms with van der Waals surface area (Å²) >= 11 is 0. The highest BCUT2D eigenvalue weighted by Gasteiger charge is 2.12. The highest BCUT2D eigenvalue weighted by Crippen LogP contribution is 2.24. The monoisotopic (exact) mass is 252 g/mol. The second kappa shape index (κ2) is 5.13. The molecular formula is C11H11FN3O3-. The maximum absolute atomic E-state index is 12.8. The normalized spacial score (nSPS) is 10.7. The number of anilines is 1. The van der Waals surface area contributed by atoms with Crippen molar-refractivity contribution in [2.24, 2.45) is 0 Å². The molecule has 0 saturated carbocycles. The van der Waals surface area contributed by atoms with Crippen molar-refractivity contribution in [1.82, 2.24) is 9.55 Å². The molecule has 0 aliphatic carbocycles. The van der Waals surface area contributed by atoms with Crippen LogP contribution in [0.5, 0.6) is 0 Å². The molecule has 7 heteroatoms. The van der Waals surface area contributed by atoms with Crippen LogP contribution in [0.4, 0.5) is 10.2 Å². The lowest BCUT2D eigenvalue weighted by molar-refractivity contribution is 0.264. The van der Waals surface area contributed by atoms with Crippen LogP contribution in [0.2, 0.25) is 0 Å². The van der Waals surface area contributed by atoms with Gasteiger partial charge in [-0.1, -0.05) is 0 Å². The fourth-order valence-corrected chi connectivity index (χ4v) is 1.67. The van der Waals surface area contributed by atoms with Crippen molar-refractivity contribution in [3.63, 3.8) is 0 Å². The van der Waals surface area contributed by atoms with E-state index in [1.807, 2.05) is 0 Å². The first-order valence-corrected chi connectivity index (χ1v) is 5.22. The Kier molecular flexibility index (Phi) is 3.56. The summed E-state index contributed by atoms with van der Waals surface area (Å²) in [4.78, 5) is 3.98. The first-order chi connectivity index (χ1) is 8.63. The maximum Gasteiger partial charge on any atom is 0.142 e. The lowest BCUT2D eigenvalue weighted by Crippen LogP contribution is -2.15. The van der Waals surface area contributed by atoms with E-state index >= 15 is 0 Å². The quantitative estimate of drug-likeness (QED) is 0.803. The van der Waals surface area contributed by atoms with Crippen molar-refractivity contribution in [3.8, 4) is 11.4 Å². The van der Waals surface area contributed by atoms with Gasteiger partial charge in [0.2, 0.25) is 0 Å². The number of hydrogen-bond acceptors (Lipinski definition) is 5. The van der Waals surface area contributed by atoms with Crippen LogP contribution in [-0.2, 0) is 6.54 Å². The minimum atomic E-state index is -0.383. The predicted molar refractivity (Wildman–Crippen MR) is 62.3 cm³/mol. The molecule has 2 N–H and O–H groups in total. The highest BCUT2D eigenvalue weighted by atomic mass is 19.1. The van der Waals surface area contributed by atoms with Crippen LogP contribution in [0.1, 0.15) is 0 Å². The van der Waals surface area contributed by atoms with Gasteiger partial charge >= 0.3 is 0 Å². The average molecular weight is 252 g/mol. The van der Waals surface area contributed by atoms with E-state index in [9.17, 15) is 9.60 Å². The molecule has 96 valence electrons. The summed E-state index contributed by atoms with van der Waals surface area (Å²) in [6.07, 6.45) is 1.18. The summed E-state index contributed by atoms with van der Waals surface area (Å²) < 4.78 is 14.2. The van der Waals surface area contributed by atoms with Crippen LogP contribution in [0.25, 0.3) is 11.4 Å². The molecule has 0 radical (unpaired) electrons. The molecule has 2 aromatic rings. The summed E-state index contributed by atoms with van der Waals surface area (Å²) in [5.74, 6) is -0.107. The minimum Gasteiger partial charge on any atom is -0.732 e. The largest absolute Gasteiger partial charge is 0.732 e. The van der Waals surface area contributed by atoms with Crippen LogP contribution in [0.15, 0.2) is 30.5 Å². The molecule has 0 aliphatic rings.